The molecule has 1 heterocycles. The second-order valence-corrected chi connectivity index (χ2v) is 5.31. The molecule has 0 spiro atoms. The van der Waals surface area contributed by atoms with Gasteiger partial charge in [0.15, 0.2) is 0 Å². The van der Waals surface area contributed by atoms with Crippen LogP contribution < -0.4 is 10.1 Å². The number of nitro groups is 1. The first-order valence-corrected chi connectivity index (χ1v) is 7.58. The van der Waals surface area contributed by atoms with Crippen LogP contribution in [0.3, 0.4) is 0 Å². The minimum Gasteiger partial charge on any atom is -0.478 e. The highest BCUT2D eigenvalue weighted by Crippen LogP contribution is 2.24. The molecule has 0 amide bonds. The van der Waals surface area contributed by atoms with Gasteiger partial charge < -0.3 is 10.1 Å². The highest BCUT2D eigenvalue weighted by Gasteiger charge is 2.14. The largest absolute Gasteiger partial charge is 0.478 e. The summed E-state index contributed by atoms with van der Waals surface area (Å²) in [6.45, 7) is 6.77. The Morgan fingerprint density at radius 3 is 2.87 bits per heavy atom. The molecule has 0 unspecified atom stereocenters. The van der Waals surface area contributed by atoms with Crippen LogP contribution in [-0.2, 0) is 6.54 Å². The first-order valence-electron chi connectivity index (χ1n) is 7.58. The first-order chi connectivity index (χ1) is 11.0. The predicted molar refractivity (Wildman–Crippen MR) is 88.5 cm³/mol. The molecular formula is C17H21N3O3. The van der Waals surface area contributed by atoms with Crippen molar-refractivity contribution in [3.8, 4) is 5.88 Å². The summed E-state index contributed by atoms with van der Waals surface area (Å²) < 4.78 is 5.50. The van der Waals surface area contributed by atoms with Crippen molar-refractivity contribution in [1.82, 2.24) is 10.3 Å². The van der Waals surface area contributed by atoms with Gasteiger partial charge in [-0.15, -0.1) is 0 Å². The Labute approximate surface area is 135 Å². The number of aromatic nitrogens is 1. The molecule has 0 saturated carbocycles. The van der Waals surface area contributed by atoms with Crippen molar-refractivity contribution in [1.29, 1.82) is 0 Å². The second kappa shape index (κ2) is 7.69. The number of hydrogen-bond donors (Lipinski definition) is 1. The number of ether oxygens (including phenoxy) is 1. The lowest BCUT2D eigenvalue weighted by Crippen LogP contribution is -2.19. The summed E-state index contributed by atoms with van der Waals surface area (Å²) >= 11 is 0. The average Bonchev–Trinajstić information content (AvgIpc) is 2.54. The van der Waals surface area contributed by atoms with Gasteiger partial charge in [-0.1, -0.05) is 18.2 Å². The number of aryl methyl sites for hydroxylation is 1. The van der Waals surface area contributed by atoms with Crippen LogP contribution in [0.2, 0.25) is 0 Å². The Morgan fingerprint density at radius 1 is 1.39 bits per heavy atom. The van der Waals surface area contributed by atoms with E-state index in [-0.39, 0.29) is 16.7 Å². The van der Waals surface area contributed by atoms with Crippen molar-refractivity contribution in [2.45, 2.75) is 33.4 Å². The SMILES string of the molecule is CCOc1ncccc1CN[C@H](C)c1ccc(C)c([N+](=O)[O-])c1. The fraction of sp³-hybridized carbons (Fsp3) is 0.353. The summed E-state index contributed by atoms with van der Waals surface area (Å²) in [5.41, 5.74) is 2.65. The number of nitrogens with zero attached hydrogens (tertiary/aromatic N) is 2. The van der Waals surface area contributed by atoms with Gasteiger partial charge in [0.2, 0.25) is 5.88 Å². The third-order valence-corrected chi connectivity index (χ3v) is 3.66. The summed E-state index contributed by atoms with van der Waals surface area (Å²) in [7, 11) is 0. The van der Waals surface area contributed by atoms with E-state index in [1.807, 2.05) is 32.0 Å². The standard InChI is InChI=1S/C17H21N3O3/c1-4-23-17-15(6-5-9-18-17)11-19-13(3)14-8-7-12(2)16(10-14)20(21)22/h5-10,13,19H,4,11H2,1-3H3/t13-/m1/s1. The molecule has 122 valence electrons. The zero-order valence-corrected chi connectivity index (χ0v) is 13.6. The van der Waals surface area contributed by atoms with Crippen LogP contribution >= 0.6 is 0 Å². The van der Waals surface area contributed by atoms with Gasteiger partial charge in [0.1, 0.15) is 0 Å². The number of hydrogen-bond acceptors (Lipinski definition) is 5. The van der Waals surface area contributed by atoms with Crippen molar-refractivity contribution < 1.29 is 9.66 Å². The van der Waals surface area contributed by atoms with Crippen LogP contribution in [-0.4, -0.2) is 16.5 Å². The molecule has 0 bridgehead atoms. The Morgan fingerprint density at radius 2 is 2.17 bits per heavy atom. The van der Waals surface area contributed by atoms with E-state index in [1.54, 1.807) is 25.3 Å². The maximum absolute atomic E-state index is 11.1. The maximum Gasteiger partial charge on any atom is 0.272 e. The van der Waals surface area contributed by atoms with Crippen LogP contribution in [0, 0.1) is 17.0 Å². The lowest BCUT2D eigenvalue weighted by molar-refractivity contribution is -0.385. The van der Waals surface area contributed by atoms with Gasteiger partial charge in [0.25, 0.3) is 5.69 Å². The van der Waals surface area contributed by atoms with Gasteiger partial charge in [-0.3, -0.25) is 10.1 Å². The van der Waals surface area contributed by atoms with Crippen LogP contribution in [0.15, 0.2) is 36.5 Å². The molecule has 0 aliphatic rings. The first kappa shape index (κ1) is 16.9. The van der Waals surface area contributed by atoms with E-state index in [1.165, 1.54) is 0 Å². The van der Waals surface area contributed by atoms with Crippen LogP contribution in [0.4, 0.5) is 5.69 Å². The monoisotopic (exact) mass is 315 g/mol. The smallest absolute Gasteiger partial charge is 0.272 e. The Hall–Kier alpha value is -2.47. The van der Waals surface area contributed by atoms with Gasteiger partial charge >= 0.3 is 0 Å². The molecule has 23 heavy (non-hydrogen) atoms. The van der Waals surface area contributed by atoms with Gasteiger partial charge in [-0.05, 0) is 32.4 Å². The van der Waals surface area contributed by atoms with Gasteiger partial charge in [0, 0.05) is 36.0 Å². The van der Waals surface area contributed by atoms with Crippen LogP contribution in [0.25, 0.3) is 0 Å². The Bertz CT molecular complexity index is 689. The highest BCUT2D eigenvalue weighted by molar-refractivity contribution is 5.43. The molecule has 0 aliphatic heterocycles. The number of rotatable bonds is 7. The molecule has 1 aromatic carbocycles. The predicted octanol–water partition coefficient (Wildman–Crippen LogP) is 3.55. The topological polar surface area (TPSA) is 77.3 Å². The molecule has 0 fully saturated rings. The summed E-state index contributed by atoms with van der Waals surface area (Å²) in [4.78, 5) is 14.9. The molecule has 1 aromatic heterocycles. The van der Waals surface area contributed by atoms with Crippen molar-refractivity contribution in [3.05, 3.63) is 63.3 Å². The molecule has 2 rings (SSSR count). The van der Waals surface area contributed by atoms with Crippen molar-refractivity contribution in [3.63, 3.8) is 0 Å². The number of nitrogens with one attached hydrogen (secondary N) is 1. The molecule has 0 saturated heterocycles. The minimum atomic E-state index is -0.347. The third-order valence-electron chi connectivity index (χ3n) is 3.66. The fourth-order valence-electron chi connectivity index (χ4n) is 2.30. The quantitative estimate of drug-likeness (QED) is 0.624. The molecule has 1 atom stereocenters. The second-order valence-electron chi connectivity index (χ2n) is 5.31. The summed E-state index contributed by atoms with van der Waals surface area (Å²) in [5.74, 6) is 0.615. The van der Waals surface area contributed by atoms with Gasteiger partial charge in [-0.2, -0.15) is 0 Å². The number of nitro benzene ring substituents is 1. The molecule has 0 radical (unpaired) electrons. The van der Waals surface area contributed by atoms with Gasteiger partial charge in [0.05, 0.1) is 11.5 Å². The van der Waals surface area contributed by atoms with E-state index in [9.17, 15) is 10.1 Å². The van der Waals surface area contributed by atoms with Gasteiger partial charge in [-0.25, -0.2) is 4.98 Å². The summed E-state index contributed by atoms with van der Waals surface area (Å²) in [6, 6.07) is 9.10. The molecule has 0 aliphatic carbocycles. The Balaban J connectivity index is 2.10. The van der Waals surface area contributed by atoms with E-state index in [4.69, 9.17) is 4.74 Å². The Kier molecular flexibility index (Phi) is 5.65. The molecule has 2 aromatic rings. The third kappa shape index (κ3) is 4.26. The minimum absolute atomic E-state index is 0.0241. The lowest BCUT2D eigenvalue weighted by atomic mass is 10.0. The van der Waals surface area contributed by atoms with Crippen molar-refractivity contribution in [2.24, 2.45) is 0 Å². The summed E-state index contributed by atoms with van der Waals surface area (Å²) in [5, 5.41) is 14.4. The molecule has 6 nitrogen and oxygen atoms in total. The average molecular weight is 315 g/mol. The molecule has 1 N–H and O–H groups in total. The molecule has 6 heteroatoms. The van der Waals surface area contributed by atoms with E-state index in [0.717, 1.165) is 11.1 Å². The normalized spacial score (nSPS) is 12.0. The van der Waals surface area contributed by atoms with E-state index in [2.05, 4.69) is 10.3 Å². The van der Waals surface area contributed by atoms with Crippen LogP contribution in [0.1, 0.15) is 36.6 Å². The van der Waals surface area contributed by atoms with Crippen LogP contribution in [0.5, 0.6) is 5.88 Å². The van der Waals surface area contributed by atoms with E-state index >= 15 is 0 Å². The zero-order valence-electron chi connectivity index (χ0n) is 13.6. The lowest BCUT2D eigenvalue weighted by Gasteiger charge is -2.16. The zero-order chi connectivity index (χ0) is 16.8. The number of benzene rings is 1. The maximum atomic E-state index is 11.1. The van der Waals surface area contributed by atoms with E-state index in [0.29, 0.717) is 24.6 Å². The summed E-state index contributed by atoms with van der Waals surface area (Å²) in [6.07, 6.45) is 1.70. The van der Waals surface area contributed by atoms with E-state index < -0.39 is 0 Å². The van der Waals surface area contributed by atoms with Crippen molar-refractivity contribution >= 4 is 5.69 Å². The molecular weight excluding hydrogens is 294 g/mol. The fourth-order valence-corrected chi connectivity index (χ4v) is 2.30. The van der Waals surface area contributed by atoms with Crippen molar-refractivity contribution in [2.75, 3.05) is 6.61 Å². The highest BCUT2D eigenvalue weighted by atomic mass is 16.6. The number of pyridine rings is 1.